The van der Waals surface area contributed by atoms with Crippen molar-refractivity contribution in [3.63, 3.8) is 0 Å². The van der Waals surface area contributed by atoms with Gasteiger partial charge in [-0.15, -0.1) is 0 Å². The third-order valence-corrected chi connectivity index (χ3v) is 3.14. The van der Waals surface area contributed by atoms with Crippen LogP contribution in [0.5, 0.6) is 0 Å². The Labute approximate surface area is 87.9 Å². The molecule has 1 aromatic rings. The number of nitrogens with zero attached hydrogens (tertiary/aromatic N) is 2. The van der Waals surface area contributed by atoms with E-state index in [2.05, 4.69) is 9.55 Å². The van der Waals surface area contributed by atoms with Gasteiger partial charge >= 0.3 is 5.97 Å². The van der Waals surface area contributed by atoms with Crippen LogP contribution >= 0.6 is 0 Å². The molecule has 82 valence electrons. The number of imidazole rings is 1. The van der Waals surface area contributed by atoms with Crippen LogP contribution < -0.4 is 5.73 Å². The number of fused-ring (bicyclic) bond motifs is 1. The molecule has 2 rings (SSSR count). The second-order valence-electron chi connectivity index (χ2n) is 4.09. The summed E-state index contributed by atoms with van der Waals surface area (Å²) >= 11 is 0. The Kier molecular flexibility index (Phi) is 2.48. The van der Waals surface area contributed by atoms with Crippen molar-refractivity contribution < 1.29 is 9.90 Å². The highest BCUT2D eigenvalue weighted by atomic mass is 16.4. The highest BCUT2D eigenvalue weighted by Crippen LogP contribution is 2.24. The Morgan fingerprint density at radius 1 is 1.80 bits per heavy atom. The third kappa shape index (κ3) is 1.74. The lowest BCUT2D eigenvalue weighted by Crippen LogP contribution is -2.41. The normalized spacial score (nSPS) is 22.1. The van der Waals surface area contributed by atoms with E-state index in [-0.39, 0.29) is 5.92 Å². The van der Waals surface area contributed by atoms with E-state index in [0.29, 0.717) is 0 Å². The van der Waals surface area contributed by atoms with Gasteiger partial charge in [0, 0.05) is 12.2 Å². The smallest absolute Gasteiger partial charge is 0.320 e. The monoisotopic (exact) mass is 209 g/mol. The minimum absolute atomic E-state index is 0.0328. The van der Waals surface area contributed by atoms with Crippen molar-refractivity contribution in [3.8, 4) is 0 Å². The summed E-state index contributed by atoms with van der Waals surface area (Å²) in [7, 11) is 0. The van der Waals surface area contributed by atoms with Gasteiger partial charge in [-0.3, -0.25) is 4.79 Å². The van der Waals surface area contributed by atoms with Crippen LogP contribution in [0.15, 0.2) is 6.33 Å². The quantitative estimate of drug-likeness (QED) is 0.727. The zero-order valence-electron chi connectivity index (χ0n) is 8.68. The van der Waals surface area contributed by atoms with Crippen molar-refractivity contribution in [2.75, 3.05) is 0 Å². The summed E-state index contributed by atoms with van der Waals surface area (Å²) in [5, 5.41) is 8.85. The second-order valence-corrected chi connectivity index (χ2v) is 4.09. The van der Waals surface area contributed by atoms with E-state index in [4.69, 9.17) is 10.8 Å². The first kappa shape index (κ1) is 10.2. The van der Waals surface area contributed by atoms with Crippen molar-refractivity contribution in [2.45, 2.75) is 32.4 Å². The molecule has 0 aliphatic carbocycles. The SMILES string of the molecule is Cc1ncn2c1CC(C(N)C(=O)O)CC2. The number of aryl methyl sites for hydroxylation is 2. The first-order valence-corrected chi connectivity index (χ1v) is 5.08. The summed E-state index contributed by atoms with van der Waals surface area (Å²) in [6.45, 7) is 2.77. The maximum Gasteiger partial charge on any atom is 0.320 e. The van der Waals surface area contributed by atoms with Gasteiger partial charge in [0.2, 0.25) is 0 Å². The minimum atomic E-state index is -0.911. The van der Waals surface area contributed by atoms with E-state index in [1.54, 1.807) is 0 Å². The highest BCUT2D eigenvalue weighted by Gasteiger charge is 2.29. The summed E-state index contributed by atoms with van der Waals surface area (Å²) in [5.41, 5.74) is 7.75. The Bertz CT molecular complexity index is 386. The Morgan fingerprint density at radius 3 is 3.20 bits per heavy atom. The molecule has 0 saturated heterocycles. The number of hydrogen-bond acceptors (Lipinski definition) is 3. The van der Waals surface area contributed by atoms with Crippen LogP contribution in [0.1, 0.15) is 17.8 Å². The number of carbonyl (C=O) groups is 1. The summed E-state index contributed by atoms with van der Waals surface area (Å²) in [4.78, 5) is 15.0. The van der Waals surface area contributed by atoms with Crippen LogP contribution in [0.2, 0.25) is 0 Å². The lowest BCUT2D eigenvalue weighted by atomic mass is 9.89. The van der Waals surface area contributed by atoms with Gasteiger partial charge in [0.05, 0.1) is 12.0 Å². The van der Waals surface area contributed by atoms with E-state index in [9.17, 15) is 4.79 Å². The number of hydrogen-bond donors (Lipinski definition) is 2. The number of nitrogens with two attached hydrogens (primary N) is 1. The Balaban J connectivity index is 2.17. The molecule has 3 N–H and O–H groups in total. The van der Waals surface area contributed by atoms with Gasteiger partial charge < -0.3 is 15.4 Å². The third-order valence-electron chi connectivity index (χ3n) is 3.14. The predicted octanol–water partition coefficient (Wildman–Crippen LogP) is 0.166. The maximum absolute atomic E-state index is 10.8. The first-order valence-electron chi connectivity index (χ1n) is 5.08. The van der Waals surface area contributed by atoms with E-state index in [1.165, 1.54) is 0 Å². The average molecular weight is 209 g/mol. The zero-order valence-corrected chi connectivity index (χ0v) is 8.68. The second kappa shape index (κ2) is 3.66. The maximum atomic E-state index is 10.8. The fourth-order valence-corrected chi connectivity index (χ4v) is 2.13. The average Bonchev–Trinajstić information content (AvgIpc) is 2.59. The lowest BCUT2D eigenvalue weighted by Gasteiger charge is -2.26. The molecule has 2 atom stereocenters. The summed E-state index contributed by atoms with van der Waals surface area (Å²) in [6, 6.07) is -0.756. The molecule has 2 unspecified atom stereocenters. The molecule has 2 heterocycles. The molecule has 0 bridgehead atoms. The van der Waals surface area contributed by atoms with Crippen LogP contribution in [0, 0.1) is 12.8 Å². The van der Waals surface area contributed by atoms with E-state index < -0.39 is 12.0 Å². The molecule has 0 spiro atoms. The van der Waals surface area contributed by atoms with E-state index >= 15 is 0 Å². The molecule has 1 aliphatic heterocycles. The van der Waals surface area contributed by atoms with Crippen molar-refractivity contribution >= 4 is 5.97 Å². The molecule has 1 aliphatic rings. The van der Waals surface area contributed by atoms with Crippen molar-refractivity contribution in [2.24, 2.45) is 11.7 Å². The van der Waals surface area contributed by atoms with Gasteiger partial charge in [-0.1, -0.05) is 0 Å². The minimum Gasteiger partial charge on any atom is -0.480 e. The van der Waals surface area contributed by atoms with Gasteiger partial charge in [0.15, 0.2) is 0 Å². The standard InChI is InChI=1S/C10H15N3O2/c1-6-8-4-7(9(11)10(14)15)2-3-13(8)5-12-6/h5,7,9H,2-4,11H2,1H3,(H,14,15). The van der Waals surface area contributed by atoms with E-state index in [1.807, 2.05) is 13.3 Å². The number of carboxylic acid groups (broad SMARTS) is 1. The molecule has 5 heteroatoms. The molecule has 0 amide bonds. The summed E-state index contributed by atoms with van der Waals surface area (Å²) in [6.07, 6.45) is 3.35. The molecule has 0 fully saturated rings. The molecular formula is C10H15N3O2. The van der Waals surface area contributed by atoms with Gasteiger partial charge in [0.25, 0.3) is 0 Å². The van der Waals surface area contributed by atoms with Crippen LogP contribution in [0.3, 0.4) is 0 Å². The fourth-order valence-electron chi connectivity index (χ4n) is 2.13. The molecule has 0 radical (unpaired) electrons. The van der Waals surface area contributed by atoms with Crippen molar-refractivity contribution in [3.05, 3.63) is 17.7 Å². The highest BCUT2D eigenvalue weighted by molar-refractivity contribution is 5.73. The van der Waals surface area contributed by atoms with Crippen LogP contribution in [-0.2, 0) is 17.8 Å². The number of carboxylic acids is 1. The van der Waals surface area contributed by atoms with Crippen LogP contribution in [0.25, 0.3) is 0 Å². The number of aliphatic carboxylic acids is 1. The first-order chi connectivity index (χ1) is 7.09. The topological polar surface area (TPSA) is 81.1 Å². The van der Waals surface area contributed by atoms with E-state index in [0.717, 1.165) is 30.8 Å². The van der Waals surface area contributed by atoms with Gasteiger partial charge in [-0.25, -0.2) is 4.98 Å². The molecule has 15 heavy (non-hydrogen) atoms. The lowest BCUT2D eigenvalue weighted by molar-refractivity contribution is -0.140. The Hall–Kier alpha value is -1.36. The molecule has 5 nitrogen and oxygen atoms in total. The molecular weight excluding hydrogens is 194 g/mol. The largest absolute Gasteiger partial charge is 0.480 e. The van der Waals surface area contributed by atoms with Gasteiger partial charge in [-0.2, -0.15) is 0 Å². The number of rotatable bonds is 2. The van der Waals surface area contributed by atoms with Gasteiger partial charge in [0.1, 0.15) is 6.04 Å². The van der Waals surface area contributed by atoms with Crippen LogP contribution in [-0.4, -0.2) is 26.7 Å². The number of aromatic nitrogens is 2. The van der Waals surface area contributed by atoms with Crippen molar-refractivity contribution in [1.82, 2.24) is 9.55 Å². The molecule has 0 saturated carbocycles. The summed E-state index contributed by atoms with van der Waals surface area (Å²) in [5.74, 6) is -0.879. The summed E-state index contributed by atoms with van der Waals surface area (Å²) < 4.78 is 2.08. The van der Waals surface area contributed by atoms with Crippen LogP contribution in [0.4, 0.5) is 0 Å². The zero-order chi connectivity index (χ0) is 11.0. The van der Waals surface area contributed by atoms with Crippen molar-refractivity contribution in [1.29, 1.82) is 0 Å². The molecule has 0 aromatic carbocycles. The van der Waals surface area contributed by atoms with Gasteiger partial charge in [-0.05, 0) is 25.7 Å². The predicted molar refractivity (Wildman–Crippen MR) is 54.4 cm³/mol. The Morgan fingerprint density at radius 2 is 2.53 bits per heavy atom. The molecule has 1 aromatic heterocycles. The fraction of sp³-hybridized carbons (Fsp3) is 0.600.